The molecule has 0 bridgehead atoms. The van der Waals surface area contributed by atoms with E-state index in [1.807, 2.05) is 0 Å². The number of unbranched alkanes of at least 4 members (excludes halogenated alkanes) is 1. The number of hydrogen-bond acceptors (Lipinski definition) is 0. The van der Waals surface area contributed by atoms with Crippen molar-refractivity contribution in [1.82, 2.24) is 0 Å². The summed E-state index contributed by atoms with van der Waals surface area (Å²) < 4.78 is 0. The van der Waals surface area contributed by atoms with Gasteiger partial charge in [0.05, 0.1) is 0 Å². The van der Waals surface area contributed by atoms with Crippen LogP contribution in [0.15, 0.2) is 34.9 Å². The molecule has 1 aromatic rings. The van der Waals surface area contributed by atoms with Gasteiger partial charge in [0, 0.05) is 0 Å². The van der Waals surface area contributed by atoms with E-state index >= 15 is 0 Å². The third kappa shape index (κ3) is 8.57. The molecule has 3 heteroatoms. The first-order valence-electron chi connectivity index (χ1n) is 10.4. The number of halogens is 2. The van der Waals surface area contributed by atoms with E-state index in [-0.39, 0.29) is 56.4 Å². The first-order valence-corrected chi connectivity index (χ1v) is 10.4. The number of hydrogen-bond donors (Lipinski definition) is 0. The van der Waals surface area contributed by atoms with E-state index in [9.17, 15) is 0 Å². The molecule has 0 N–H and O–H groups in total. The summed E-state index contributed by atoms with van der Waals surface area (Å²) in [5, 5.41) is 0. The van der Waals surface area contributed by atoms with E-state index in [0.717, 1.165) is 5.92 Å². The topological polar surface area (TPSA) is 0 Å². The van der Waals surface area contributed by atoms with Crippen LogP contribution >= 0.6 is 0 Å². The molecule has 0 saturated heterocycles. The Morgan fingerprint density at radius 3 is 2.11 bits per heavy atom. The molecule has 2 aliphatic rings. The third-order valence-corrected chi connectivity index (χ3v) is 6.30. The van der Waals surface area contributed by atoms with Gasteiger partial charge in [-0.15, -0.1) is 6.92 Å². The van der Waals surface area contributed by atoms with Crippen LogP contribution in [-0.2, 0) is 32.6 Å². The van der Waals surface area contributed by atoms with Gasteiger partial charge in [0.1, 0.15) is 0 Å². The molecule has 0 radical (unpaired) electrons. The van der Waals surface area contributed by atoms with E-state index in [2.05, 4.69) is 65.8 Å². The summed E-state index contributed by atoms with van der Waals surface area (Å²) in [7, 11) is 0. The monoisotopic (exact) mass is 498 g/mol. The average molecular weight is 501 g/mol. The zero-order valence-corrected chi connectivity index (χ0v) is 22.7. The van der Waals surface area contributed by atoms with Crippen LogP contribution in [0, 0.1) is 11.5 Å². The maximum atomic E-state index is 3.44. The minimum absolute atomic E-state index is 0. The second kappa shape index (κ2) is 14.3. The van der Waals surface area contributed by atoms with Crippen LogP contribution in [0.3, 0.4) is 0 Å². The summed E-state index contributed by atoms with van der Waals surface area (Å²) in [6.45, 7) is 13.2. The minimum atomic E-state index is 0. The summed E-state index contributed by atoms with van der Waals surface area (Å²) in [6.07, 6.45) is 14.6. The smallest absolute Gasteiger partial charge is 1.00 e. The molecule has 28 heavy (non-hydrogen) atoms. The van der Waals surface area contributed by atoms with Gasteiger partial charge in [-0.05, 0) is 0 Å². The van der Waals surface area contributed by atoms with Crippen LogP contribution in [0.25, 0.3) is 0 Å². The van der Waals surface area contributed by atoms with Crippen LogP contribution < -0.4 is 24.8 Å². The van der Waals surface area contributed by atoms with Gasteiger partial charge in [-0.3, -0.25) is 6.08 Å². The summed E-state index contributed by atoms with van der Waals surface area (Å²) in [5.74, 6) is 0.883. The zero-order valence-electron chi connectivity index (χ0n) is 18.7. The predicted molar refractivity (Wildman–Crippen MR) is 111 cm³/mol. The van der Waals surface area contributed by atoms with Crippen LogP contribution in [0.4, 0.5) is 0 Å². The maximum absolute atomic E-state index is 3.44. The molecule has 3 rings (SSSR count). The second-order valence-electron chi connectivity index (χ2n) is 8.62. The van der Waals surface area contributed by atoms with Gasteiger partial charge >= 0.3 is 26.2 Å². The van der Waals surface area contributed by atoms with E-state index in [0.29, 0.717) is 0 Å². The molecule has 0 aliphatic heterocycles. The van der Waals surface area contributed by atoms with E-state index in [1.54, 1.807) is 11.1 Å². The van der Waals surface area contributed by atoms with Gasteiger partial charge in [0.25, 0.3) is 0 Å². The molecule has 1 aromatic carbocycles. The fourth-order valence-corrected chi connectivity index (χ4v) is 4.15. The molecule has 1 fully saturated rings. The molecule has 2 aliphatic carbocycles. The molecular formula is C25H38Cl2Zr. The Hall–Kier alpha value is 0.293. The number of aryl methyl sites for hydroxylation is 1. The molecule has 156 valence electrons. The molecule has 0 aromatic heterocycles. The summed E-state index contributed by atoms with van der Waals surface area (Å²) in [5.41, 5.74) is 7.59. The van der Waals surface area contributed by atoms with Crippen molar-refractivity contribution in [3.63, 3.8) is 0 Å². The Balaban J connectivity index is 0. The molecule has 0 spiro atoms. The van der Waals surface area contributed by atoms with Gasteiger partial charge < -0.3 is 24.8 Å². The quantitative estimate of drug-likeness (QED) is 0.555. The number of allylic oxidation sites excluding steroid dienone is 4. The van der Waals surface area contributed by atoms with E-state index in [4.69, 9.17) is 0 Å². The Morgan fingerprint density at radius 1 is 1.07 bits per heavy atom. The molecule has 0 amide bonds. The van der Waals surface area contributed by atoms with Crippen molar-refractivity contribution in [2.75, 3.05) is 0 Å². The van der Waals surface area contributed by atoms with Gasteiger partial charge in [0.2, 0.25) is 0 Å². The maximum Gasteiger partial charge on any atom is 4.00 e. The zero-order chi connectivity index (χ0) is 18.4. The predicted octanol–water partition coefficient (Wildman–Crippen LogP) is 1.91. The van der Waals surface area contributed by atoms with Crippen LogP contribution in [-0.4, -0.2) is 0 Å². The fourth-order valence-electron chi connectivity index (χ4n) is 4.15. The molecule has 0 unspecified atom stereocenters. The molecule has 0 nitrogen and oxygen atoms in total. The third-order valence-electron chi connectivity index (χ3n) is 6.30. The van der Waals surface area contributed by atoms with Crippen LogP contribution in [0.5, 0.6) is 0 Å². The van der Waals surface area contributed by atoms with Crippen LogP contribution in [0.2, 0.25) is 0 Å². The first kappa shape index (κ1) is 30.5. The van der Waals surface area contributed by atoms with Crippen LogP contribution in [0.1, 0.15) is 104 Å². The molecular weight excluding hydrogens is 462 g/mol. The van der Waals surface area contributed by atoms with Gasteiger partial charge in [-0.25, -0.2) is 11.6 Å². The Labute approximate surface area is 206 Å². The SMILES string of the molecule is CC1=[C-]C(C)(C)C(C)=C1C.CCCC[c-]1ccc(C2CCCCC2)c1.[Cl-].[Cl-].[Zr+4]. The normalized spacial score (nSPS) is 18.1. The largest absolute Gasteiger partial charge is 4.00 e. The summed E-state index contributed by atoms with van der Waals surface area (Å²) in [4.78, 5) is 0. The van der Waals surface area contributed by atoms with Crippen molar-refractivity contribution in [1.29, 1.82) is 0 Å². The molecule has 0 atom stereocenters. The van der Waals surface area contributed by atoms with Crippen molar-refractivity contribution in [2.45, 2.75) is 98.8 Å². The van der Waals surface area contributed by atoms with Gasteiger partial charge in [-0.1, -0.05) is 97.3 Å². The van der Waals surface area contributed by atoms with Gasteiger partial charge in [0.15, 0.2) is 0 Å². The molecule has 1 saturated carbocycles. The Morgan fingerprint density at radius 2 is 1.68 bits per heavy atom. The summed E-state index contributed by atoms with van der Waals surface area (Å²) in [6, 6.07) is 7.19. The second-order valence-corrected chi connectivity index (χ2v) is 8.62. The summed E-state index contributed by atoms with van der Waals surface area (Å²) >= 11 is 0. The van der Waals surface area contributed by atoms with Crippen molar-refractivity contribution in [3.05, 3.63) is 52.1 Å². The minimum Gasteiger partial charge on any atom is -1.00 e. The van der Waals surface area contributed by atoms with Crippen molar-refractivity contribution >= 4 is 0 Å². The van der Waals surface area contributed by atoms with Crippen molar-refractivity contribution < 1.29 is 51.0 Å². The first-order chi connectivity index (χ1) is 11.8. The fraction of sp³-hybridized carbons (Fsp3) is 0.640. The Kier molecular flexibility index (Phi) is 15.6. The van der Waals surface area contributed by atoms with E-state index in [1.165, 1.54) is 68.1 Å². The van der Waals surface area contributed by atoms with Crippen molar-refractivity contribution in [2.24, 2.45) is 5.41 Å². The Bertz CT molecular complexity index is 616. The van der Waals surface area contributed by atoms with E-state index < -0.39 is 0 Å². The standard InChI is InChI=1S/C15H23.C10H15.2ClH.Zr/c1-2-3-7-13-10-11-15(12-13)14-8-5-4-6-9-14;1-7-6-10(4,5)9(3)8(7)2;;;/h10-12,14H,2-9H2,1H3;1-5H3;2*1H;/q2*-1;;;+4/p-2. The van der Waals surface area contributed by atoms with Gasteiger partial charge in [-0.2, -0.15) is 34.4 Å². The number of rotatable bonds is 4. The molecule has 0 heterocycles. The van der Waals surface area contributed by atoms with Crippen molar-refractivity contribution in [3.8, 4) is 0 Å². The average Bonchev–Trinajstić information content (AvgIpc) is 3.14.